The number of carbonyl (C=O) groups is 2. The first-order valence-electron chi connectivity index (χ1n) is 13.9. The Bertz CT molecular complexity index is 1110. The number of benzene rings is 2. The number of nitrogens with zero attached hydrogens (tertiary/aromatic N) is 2. The average Bonchev–Trinajstić information content (AvgIpc) is 2.91. The number of fused-ring (bicyclic) bond motifs is 1. The molecule has 2 aromatic rings. The van der Waals surface area contributed by atoms with Gasteiger partial charge in [0.15, 0.2) is 0 Å². The number of anilines is 2. The Kier molecular flexibility index (Phi) is 11.7. The fourth-order valence-corrected chi connectivity index (χ4v) is 4.65. The number of aliphatic hydroxyl groups excluding tert-OH is 1. The topological polar surface area (TPSA) is 103 Å². The lowest BCUT2D eigenvalue weighted by atomic mass is 10.0. The summed E-state index contributed by atoms with van der Waals surface area (Å²) in [6.07, 6.45) is 2.39. The zero-order chi connectivity index (χ0) is 29.2. The van der Waals surface area contributed by atoms with Gasteiger partial charge in [0.05, 0.1) is 30.4 Å². The van der Waals surface area contributed by atoms with Gasteiger partial charge in [0.25, 0.3) is 5.91 Å². The Labute approximate surface area is 236 Å². The number of hydrogen-bond acceptors (Lipinski definition) is 6. The Balaban J connectivity index is 1.92. The molecule has 3 amide bonds. The van der Waals surface area contributed by atoms with Gasteiger partial charge in [-0.3, -0.25) is 4.79 Å². The molecule has 0 aromatic heterocycles. The number of rotatable bonds is 6. The first-order valence-corrected chi connectivity index (χ1v) is 13.9. The van der Waals surface area contributed by atoms with E-state index in [1.54, 1.807) is 30.0 Å². The van der Waals surface area contributed by atoms with E-state index in [1.165, 1.54) is 24.3 Å². The number of halogens is 1. The van der Waals surface area contributed by atoms with E-state index < -0.39 is 17.9 Å². The highest BCUT2D eigenvalue weighted by Gasteiger charge is 2.30. The van der Waals surface area contributed by atoms with Crippen LogP contribution in [0.2, 0.25) is 0 Å². The summed E-state index contributed by atoms with van der Waals surface area (Å²) in [4.78, 5) is 30.4. The van der Waals surface area contributed by atoms with Crippen LogP contribution < -0.4 is 15.4 Å². The Morgan fingerprint density at radius 2 is 1.80 bits per heavy atom. The van der Waals surface area contributed by atoms with Crippen LogP contribution in [-0.2, 0) is 4.74 Å². The monoisotopic (exact) mass is 558 g/mol. The minimum Gasteiger partial charge on any atom is -0.490 e. The summed E-state index contributed by atoms with van der Waals surface area (Å²) in [6.45, 7) is 7.33. The zero-order valence-corrected chi connectivity index (χ0v) is 24.2. The van der Waals surface area contributed by atoms with Crippen LogP contribution in [0, 0.1) is 11.7 Å². The molecule has 0 bridgehead atoms. The van der Waals surface area contributed by atoms with Crippen molar-refractivity contribution in [2.24, 2.45) is 5.92 Å². The van der Waals surface area contributed by atoms with Crippen molar-refractivity contribution in [3.8, 4) is 5.75 Å². The average molecular weight is 559 g/mol. The molecule has 3 rings (SSSR count). The predicted octanol–water partition coefficient (Wildman–Crippen LogP) is 4.83. The number of urea groups is 1. The molecule has 1 aliphatic rings. The second kappa shape index (κ2) is 15.0. The van der Waals surface area contributed by atoms with Gasteiger partial charge in [-0.2, -0.15) is 0 Å². The van der Waals surface area contributed by atoms with Gasteiger partial charge < -0.3 is 35.0 Å². The number of hydrogen-bond donors (Lipinski definition) is 3. The van der Waals surface area contributed by atoms with E-state index in [9.17, 15) is 19.1 Å². The van der Waals surface area contributed by atoms with Gasteiger partial charge in [-0.1, -0.05) is 6.92 Å². The highest BCUT2D eigenvalue weighted by Crippen LogP contribution is 2.28. The minimum atomic E-state index is -0.535. The third-order valence-corrected chi connectivity index (χ3v) is 6.96. The molecule has 9 nitrogen and oxygen atoms in total. The molecule has 40 heavy (non-hydrogen) atoms. The number of likely N-dealkylation sites (N-methyl/N-ethyl adjacent to an activating group) is 1. The molecule has 10 heteroatoms. The van der Waals surface area contributed by atoms with Crippen molar-refractivity contribution in [2.45, 2.75) is 58.3 Å². The highest BCUT2D eigenvalue weighted by molar-refractivity contribution is 6.02. The van der Waals surface area contributed by atoms with Crippen LogP contribution in [0.5, 0.6) is 5.75 Å². The third-order valence-electron chi connectivity index (χ3n) is 6.96. The summed E-state index contributed by atoms with van der Waals surface area (Å²) < 4.78 is 25.7. The number of amides is 3. The molecule has 0 saturated heterocycles. The second-order valence-electron chi connectivity index (χ2n) is 10.9. The van der Waals surface area contributed by atoms with Crippen LogP contribution in [0.4, 0.5) is 20.6 Å². The minimum absolute atomic E-state index is 0.00521. The lowest BCUT2D eigenvalue weighted by Gasteiger charge is -2.35. The predicted molar refractivity (Wildman–Crippen MR) is 154 cm³/mol. The Morgan fingerprint density at radius 1 is 1.12 bits per heavy atom. The van der Waals surface area contributed by atoms with E-state index in [-0.39, 0.29) is 30.6 Å². The second-order valence-corrected chi connectivity index (χ2v) is 10.9. The van der Waals surface area contributed by atoms with Crippen molar-refractivity contribution < 1.29 is 28.6 Å². The number of ether oxygens (including phenoxy) is 2. The molecule has 0 saturated carbocycles. The fourth-order valence-electron chi connectivity index (χ4n) is 4.65. The molecular weight excluding hydrogens is 515 g/mol. The Hall–Kier alpha value is -3.21. The molecule has 1 aliphatic heterocycles. The molecule has 2 aromatic carbocycles. The van der Waals surface area contributed by atoms with Crippen molar-refractivity contribution >= 4 is 23.3 Å². The molecule has 0 spiro atoms. The molecule has 0 radical (unpaired) electrons. The quantitative estimate of drug-likeness (QED) is 0.470. The molecule has 3 N–H and O–H groups in total. The van der Waals surface area contributed by atoms with E-state index in [1.807, 2.05) is 21.0 Å². The van der Waals surface area contributed by atoms with Crippen molar-refractivity contribution in [2.75, 3.05) is 51.0 Å². The summed E-state index contributed by atoms with van der Waals surface area (Å²) in [6, 6.07) is 9.39. The van der Waals surface area contributed by atoms with Crippen LogP contribution in [0.15, 0.2) is 42.5 Å². The lowest BCUT2D eigenvalue weighted by Crippen LogP contribution is -2.47. The van der Waals surface area contributed by atoms with E-state index in [0.717, 1.165) is 19.3 Å². The molecule has 220 valence electrons. The molecule has 0 fully saturated rings. The van der Waals surface area contributed by atoms with Gasteiger partial charge in [0.2, 0.25) is 0 Å². The van der Waals surface area contributed by atoms with Crippen molar-refractivity contribution in [1.29, 1.82) is 0 Å². The third kappa shape index (κ3) is 9.18. The van der Waals surface area contributed by atoms with E-state index in [2.05, 4.69) is 22.5 Å². The van der Waals surface area contributed by atoms with Crippen LogP contribution >= 0.6 is 0 Å². The zero-order valence-electron chi connectivity index (χ0n) is 24.2. The smallest absolute Gasteiger partial charge is 0.323 e. The summed E-state index contributed by atoms with van der Waals surface area (Å²) >= 11 is 0. The number of nitrogens with one attached hydrogen (secondary N) is 2. The summed E-state index contributed by atoms with van der Waals surface area (Å²) in [7, 11) is 3.99. The van der Waals surface area contributed by atoms with E-state index in [4.69, 9.17) is 9.47 Å². The molecule has 4 atom stereocenters. The van der Waals surface area contributed by atoms with Crippen LogP contribution in [0.25, 0.3) is 0 Å². The summed E-state index contributed by atoms with van der Waals surface area (Å²) in [5.74, 6) is -0.295. The fraction of sp³-hybridized carbons (Fsp3) is 0.533. The Morgan fingerprint density at radius 3 is 2.48 bits per heavy atom. The number of carbonyl (C=O) groups excluding carboxylic acids is 2. The maximum absolute atomic E-state index is 14.1. The van der Waals surface area contributed by atoms with Gasteiger partial charge in [-0.05, 0) is 89.7 Å². The maximum Gasteiger partial charge on any atom is 0.323 e. The van der Waals surface area contributed by atoms with Crippen LogP contribution in [0.1, 0.15) is 50.4 Å². The van der Waals surface area contributed by atoms with Crippen LogP contribution in [-0.4, -0.2) is 85.5 Å². The summed E-state index contributed by atoms with van der Waals surface area (Å²) in [5.41, 5.74) is 1.11. The SMILES string of the molecule is C[C@@H]1CN([C@@H](C)CO)C(=O)c2cc(NC(=O)Nc3ccc(F)cc3)ccc2O[C@@H](C)CCCCO[C@H]1CN(C)C. The molecular formula is C30H43FN4O5. The van der Waals surface area contributed by atoms with E-state index >= 15 is 0 Å². The molecule has 0 aliphatic carbocycles. The van der Waals surface area contributed by atoms with Gasteiger partial charge in [0.1, 0.15) is 11.6 Å². The van der Waals surface area contributed by atoms with Crippen molar-refractivity contribution in [3.05, 3.63) is 53.8 Å². The first-order chi connectivity index (χ1) is 19.1. The lowest BCUT2D eigenvalue weighted by molar-refractivity contribution is -0.0137. The highest BCUT2D eigenvalue weighted by atomic mass is 19.1. The normalized spacial score (nSPS) is 21.6. The summed E-state index contributed by atoms with van der Waals surface area (Å²) in [5, 5.41) is 15.4. The van der Waals surface area contributed by atoms with Gasteiger partial charge >= 0.3 is 6.03 Å². The van der Waals surface area contributed by atoms with Gasteiger partial charge in [0, 0.05) is 37.0 Å². The molecule has 1 heterocycles. The number of aliphatic hydroxyl groups is 1. The van der Waals surface area contributed by atoms with Gasteiger partial charge in [-0.25, -0.2) is 9.18 Å². The van der Waals surface area contributed by atoms with Crippen molar-refractivity contribution in [1.82, 2.24) is 9.80 Å². The van der Waals surface area contributed by atoms with Crippen LogP contribution in [0.3, 0.4) is 0 Å². The van der Waals surface area contributed by atoms with Gasteiger partial charge in [-0.15, -0.1) is 0 Å². The molecule has 0 unspecified atom stereocenters. The first kappa shape index (κ1) is 31.3. The largest absolute Gasteiger partial charge is 0.490 e. The maximum atomic E-state index is 14.1. The standard InChI is InChI=1S/C30H43FN4O5/c1-20-17-35(21(2)19-36)29(37)26-16-25(33-30(38)32-24-11-9-23(31)10-12-24)13-14-27(26)40-22(3)8-6-7-15-39-28(20)18-34(4)5/h9-14,16,20-22,28,36H,6-8,15,17-19H2,1-5H3,(H2,32,33,38)/t20-,21+,22+,28+/m1/s1. The van der Waals surface area contributed by atoms with E-state index in [0.29, 0.717) is 42.4 Å². The van der Waals surface area contributed by atoms with Crippen molar-refractivity contribution in [3.63, 3.8) is 0 Å².